The molecular weight excluding hydrogens is 374 g/mol. The van der Waals surface area contributed by atoms with Gasteiger partial charge in [-0.2, -0.15) is 0 Å². The van der Waals surface area contributed by atoms with E-state index in [1.165, 1.54) is 29.9 Å². The summed E-state index contributed by atoms with van der Waals surface area (Å²) in [6.45, 7) is 0. The van der Waals surface area contributed by atoms with Crippen LogP contribution < -0.4 is 14.8 Å². The average Bonchev–Trinajstić information content (AvgIpc) is 2.64. The highest BCUT2D eigenvalue weighted by atomic mass is 35.5. The van der Waals surface area contributed by atoms with Crippen molar-refractivity contribution in [2.75, 3.05) is 20.4 Å². The van der Waals surface area contributed by atoms with Crippen molar-refractivity contribution in [3.8, 4) is 22.6 Å². The first-order chi connectivity index (χ1) is 12.2. The molecule has 136 valence electrons. The number of alkyl halides is 2. The summed E-state index contributed by atoms with van der Waals surface area (Å²) >= 11 is 11.6. The third-order valence-electron chi connectivity index (χ3n) is 4.04. The minimum Gasteiger partial charge on any atom is -0.496 e. The van der Waals surface area contributed by atoms with Gasteiger partial charge in [0.05, 0.1) is 19.8 Å². The molecule has 5 heteroatoms. The maximum atomic E-state index is 5.78. The smallest absolute Gasteiger partial charge is 0.130 e. The van der Waals surface area contributed by atoms with Gasteiger partial charge >= 0.3 is 0 Å². The van der Waals surface area contributed by atoms with Crippen LogP contribution in [-0.4, -0.2) is 25.2 Å². The van der Waals surface area contributed by atoms with Gasteiger partial charge in [0.1, 0.15) is 16.3 Å². The third-order valence-corrected chi connectivity index (χ3v) is 5.90. The lowest BCUT2D eigenvalue weighted by Gasteiger charge is -2.16. The van der Waals surface area contributed by atoms with E-state index < -0.39 is 0 Å². The molecule has 0 bridgehead atoms. The minimum absolute atomic E-state index is 0.235. The molecular formula is C20H25Cl2O2P. The third kappa shape index (κ3) is 6.06. The fourth-order valence-electron chi connectivity index (χ4n) is 2.80. The molecule has 0 amide bonds. The Kier molecular flexibility index (Phi) is 8.89. The monoisotopic (exact) mass is 398 g/mol. The van der Waals surface area contributed by atoms with Crippen LogP contribution in [0.2, 0.25) is 0 Å². The predicted octanol–water partition coefficient (Wildman–Crippen LogP) is 6.04. The Labute approximate surface area is 162 Å². The molecule has 0 radical (unpaired) electrons. The van der Waals surface area contributed by atoms with E-state index in [0.717, 1.165) is 38.5 Å². The molecule has 0 saturated carbocycles. The molecule has 0 fully saturated rings. The maximum absolute atomic E-state index is 5.78. The summed E-state index contributed by atoms with van der Waals surface area (Å²) in [6.07, 6.45) is 5.49. The Morgan fingerprint density at radius 3 is 2.20 bits per heavy atom. The summed E-state index contributed by atoms with van der Waals surface area (Å²) in [5.74, 6) is 1.68. The second kappa shape index (κ2) is 10.9. The molecule has 0 saturated heterocycles. The molecule has 0 aliphatic rings. The maximum Gasteiger partial charge on any atom is 0.130 e. The van der Waals surface area contributed by atoms with Gasteiger partial charge in [-0.25, -0.2) is 0 Å². The van der Waals surface area contributed by atoms with Gasteiger partial charge in [-0.05, 0) is 42.0 Å². The number of rotatable bonds is 10. The molecule has 2 aromatic rings. The fraction of sp³-hybridized carbons (Fsp3) is 0.400. The summed E-state index contributed by atoms with van der Waals surface area (Å²) in [5, 5.41) is 1.35. The topological polar surface area (TPSA) is 18.5 Å². The predicted molar refractivity (Wildman–Crippen MR) is 112 cm³/mol. The van der Waals surface area contributed by atoms with Crippen LogP contribution in [0.4, 0.5) is 0 Å². The molecule has 0 aliphatic heterocycles. The first-order valence-electron chi connectivity index (χ1n) is 8.49. The number of hydrogen-bond acceptors (Lipinski definition) is 2. The number of benzene rings is 2. The van der Waals surface area contributed by atoms with Gasteiger partial charge in [-0.15, -0.1) is 23.2 Å². The van der Waals surface area contributed by atoms with Crippen molar-refractivity contribution in [3.05, 3.63) is 42.5 Å². The van der Waals surface area contributed by atoms with Gasteiger partial charge in [-0.1, -0.05) is 51.8 Å². The molecule has 0 spiro atoms. The Bertz CT molecular complexity index is 640. The highest BCUT2D eigenvalue weighted by Crippen LogP contribution is 2.39. The van der Waals surface area contributed by atoms with Crippen LogP contribution >= 0.6 is 31.8 Å². The van der Waals surface area contributed by atoms with E-state index in [9.17, 15) is 0 Å². The zero-order valence-electron chi connectivity index (χ0n) is 14.7. The van der Waals surface area contributed by atoms with Gasteiger partial charge in [0.25, 0.3) is 0 Å². The standard InChI is InChI=1S/C20H25Cl2O2P/c1-23-16-10-8-11-17(24-2)20(16)15-9-5-6-12-18(15)25-14-7-3-4-13-19(21)22/h5-6,8-12,19,25H,3-4,7,13-14H2,1-2H3. The van der Waals surface area contributed by atoms with Crippen LogP contribution in [0.25, 0.3) is 11.1 Å². The fourth-order valence-corrected chi connectivity index (χ4v) is 4.41. The second-order valence-corrected chi connectivity index (χ2v) is 8.42. The van der Waals surface area contributed by atoms with E-state index in [-0.39, 0.29) is 4.84 Å². The van der Waals surface area contributed by atoms with Crippen LogP contribution in [0.5, 0.6) is 11.5 Å². The highest BCUT2D eigenvalue weighted by Gasteiger charge is 2.15. The molecule has 2 nitrogen and oxygen atoms in total. The summed E-state index contributed by atoms with van der Waals surface area (Å²) < 4.78 is 11.2. The Balaban J connectivity index is 2.11. The normalized spacial score (nSPS) is 11.4. The molecule has 2 aromatic carbocycles. The molecule has 1 unspecified atom stereocenters. The van der Waals surface area contributed by atoms with E-state index >= 15 is 0 Å². The SMILES string of the molecule is COc1cccc(OC)c1-c1ccccc1PCCCCCC(Cl)Cl. The van der Waals surface area contributed by atoms with E-state index in [2.05, 4.69) is 24.3 Å². The molecule has 0 aromatic heterocycles. The van der Waals surface area contributed by atoms with Crippen LogP contribution in [-0.2, 0) is 0 Å². The van der Waals surface area contributed by atoms with Crippen molar-refractivity contribution in [1.82, 2.24) is 0 Å². The van der Waals surface area contributed by atoms with Crippen LogP contribution in [0.15, 0.2) is 42.5 Å². The number of hydrogen-bond donors (Lipinski definition) is 0. The molecule has 0 N–H and O–H groups in total. The first kappa shape index (κ1) is 20.4. The Morgan fingerprint density at radius 2 is 1.56 bits per heavy atom. The summed E-state index contributed by atoms with van der Waals surface area (Å²) in [7, 11) is 4.15. The van der Waals surface area contributed by atoms with Gasteiger partial charge in [0.15, 0.2) is 0 Å². The lowest BCUT2D eigenvalue weighted by molar-refractivity contribution is 0.397. The van der Waals surface area contributed by atoms with E-state index in [4.69, 9.17) is 32.7 Å². The Morgan fingerprint density at radius 1 is 0.880 bits per heavy atom. The number of halogens is 2. The van der Waals surface area contributed by atoms with Gasteiger partial charge < -0.3 is 9.47 Å². The summed E-state index contributed by atoms with van der Waals surface area (Å²) in [6, 6.07) is 14.4. The lowest BCUT2D eigenvalue weighted by Crippen LogP contribution is -2.03. The van der Waals surface area contributed by atoms with Crippen molar-refractivity contribution < 1.29 is 9.47 Å². The average molecular weight is 399 g/mol. The number of ether oxygens (including phenoxy) is 2. The van der Waals surface area contributed by atoms with E-state index in [0.29, 0.717) is 0 Å². The zero-order valence-corrected chi connectivity index (χ0v) is 17.2. The van der Waals surface area contributed by atoms with Crippen molar-refractivity contribution in [2.24, 2.45) is 0 Å². The quantitative estimate of drug-likeness (QED) is 0.276. The van der Waals surface area contributed by atoms with E-state index in [1.54, 1.807) is 14.2 Å². The molecule has 2 rings (SSSR count). The van der Waals surface area contributed by atoms with Crippen molar-refractivity contribution >= 4 is 37.1 Å². The van der Waals surface area contributed by atoms with Crippen molar-refractivity contribution in [1.29, 1.82) is 0 Å². The van der Waals surface area contributed by atoms with Crippen molar-refractivity contribution in [2.45, 2.75) is 30.5 Å². The first-order valence-corrected chi connectivity index (χ1v) is 10.6. The summed E-state index contributed by atoms with van der Waals surface area (Å²) in [4.78, 5) is -0.235. The Hall–Kier alpha value is -0.950. The number of methoxy groups -OCH3 is 2. The van der Waals surface area contributed by atoms with E-state index in [1.807, 2.05) is 18.2 Å². The molecule has 25 heavy (non-hydrogen) atoms. The largest absolute Gasteiger partial charge is 0.496 e. The number of unbranched alkanes of at least 4 members (excludes halogenated alkanes) is 2. The van der Waals surface area contributed by atoms with Crippen LogP contribution in [0.3, 0.4) is 0 Å². The molecule has 0 aliphatic carbocycles. The van der Waals surface area contributed by atoms with Gasteiger partial charge in [0.2, 0.25) is 0 Å². The second-order valence-electron chi connectivity index (χ2n) is 5.75. The molecule has 1 atom stereocenters. The van der Waals surface area contributed by atoms with Crippen LogP contribution in [0, 0.1) is 0 Å². The zero-order chi connectivity index (χ0) is 18.1. The highest BCUT2D eigenvalue weighted by molar-refractivity contribution is 7.47. The minimum atomic E-state index is -0.235. The van der Waals surface area contributed by atoms with Gasteiger partial charge in [-0.3, -0.25) is 0 Å². The molecule has 0 heterocycles. The lowest BCUT2D eigenvalue weighted by atomic mass is 10.0. The summed E-state index contributed by atoms with van der Waals surface area (Å²) in [5.41, 5.74) is 2.22. The van der Waals surface area contributed by atoms with Crippen molar-refractivity contribution in [3.63, 3.8) is 0 Å². The van der Waals surface area contributed by atoms with Gasteiger partial charge in [0, 0.05) is 0 Å². The van der Waals surface area contributed by atoms with Crippen LogP contribution in [0.1, 0.15) is 25.7 Å².